The van der Waals surface area contributed by atoms with Crippen molar-refractivity contribution < 1.29 is 9.47 Å². The predicted octanol–water partition coefficient (Wildman–Crippen LogP) is 8.04. The molecule has 0 radical (unpaired) electrons. The summed E-state index contributed by atoms with van der Waals surface area (Å²) >= 11 is 6.93. The zero-order valence-electron chi connectivity index (χ0n) is 24.3. The second-order valence-corrected chi connectivity index (χ2v) is 25.0. The van der Waals surface area contributed by atoms with Crippen LogP contribution in [0.15, 0.2) is 70.1 Å². The normalized spacial score (nSPS) is 11.8. The summed E-state index contributed by atoms with van der Waals surface area (Å²) in [5.41, 5.74) is 2.03. The molecule has 2 aromatic carbocycles. The van der Waals surface area contributed by atoms with Gasteiger partial charge in [0, 0.05) is 49.4 Å². The maximum Gasteiger partial charge on any atom is 0.181 e. The van der Waals surface area contributed by atoms with Crippen molar-refractivity contribution in [3.05, 3.63) is 70.1 Å². The van der Waals surface area contributed by atoms with E-state index in [1.807, 2.05) is 48.5 Å². The van der Waals surface area contributed by atoms with Crippen LogP contribution in [0.3, 0.4) is 0 Å². The van der Waals surface area contributed by atoms with Crippen molar-refractivity contribution in [2.45, 2.75) is 64.8 Å². The molecule has 216 valence electrons. The summed E-state index contributed by atoms with van der Waals surface area (Å²) in [5, 5.41) is 8.66. The molecule has 4 aromatic rings. The fraction of sp³-hybridized carbons (Fsp3) is 0.429. The van der Waals surface area contributed by atoms with Gasteiger partial charge in [-0.1, -0.05) is 95.4 Å². The minimum Gasteiger partial charge on any atom is -0.359 e. The van der Waals surface area contributed by atoms with Gasteiger partial charge in [0.05, 0.1) is 0 Å². The van der Waals surface area contributed by atoms with E-state index < -0.39 is 16.1 Å². The van der Waals surface area contributed by atoms with E-state index in [-0.39, 0.29) is 0 Å². The molecular formula is C28H40Br2N6O2Si2. The maximum atomic E-state index is 5.73. The predicted molar refractivity (Wildman–Crippen MR) is 175 cm³/mol. The molecule has 0 spiro atoms. The minimum absolute atomic E-state index is 0.451. The van der Waals surface area contributed by atoms with E-state index in [9.17, 15) is 0 Å². The fourth-order valence-corrected chi connectivity index (χ4v) is 5.70. The Balaban J connectivity index is 0.000000220. The molecule has 0 N–H and O–H groups in total. The minimum atomic E-state index is -1.04. The highest BCUT2D eigenvalue weighted by molar-refractivity contribution is 9.10. The van der Waals surface area contributed by atoms with Gasteiger partial charge < -0.3 is 9.47 Å². The fourth-order valence-electron chi connectivity index (χ4n) is 3.39. The lowest BCUT2D eigenvalue weighted by Crippen LogP contribution is -2.22. The standard InChI is InChI=1S/2C14H20BrN3OSi/c1-20(2,3)8-7-19-11-18-10-16-14(17-18)12-5-4-6-13(15)9-12;1-20(2,3)8-7-19-11-18-14(16-10-17-18)12-5-4-6-13(15)9-12/h2*4-6,9-10H,7-8,11H2,1-3H3. The van der Waals surface area contributed by atoms with Crippen LogP contribution < -0.4 is 0 Å². The van der Waals surface area contributed by atoms with Crippen LogP contribution in [0.5, 0.6) is 0 Å². The smallest absolute Gasteiger partial charge is 0.181 e. The SMILES string of the molecule is C[Si](C)(C)CCOCn1cnc(-c2cccc(Br)c2)n1.C[Si](C)(C)CCOCn1ncnc1-c1cccc(Br)c1. The Hall–Kier alpha value is -1.97. The van der Waals surface area contributed by atoms with Gasteiger partial charge in [-0.05, 0) is 36.4 Å². The Morgan fingerprint density at radius 3 is 1.93 bits per heavy atom. The second kappa shape index (κ2) is 15.3. The number of hydrogen-bond donors (Lipinski definition) is 0. The first-order chi connectivity index (χ1) is 18.9. The van der Waals surface area contributed by atoms with Crippen molar-refractivity contribution in [1.82, 2.24) is 29.5 Å². The summed E-state index contributed by atoms with van der Waals surface area (Å²) in [4.78, 5) is 8.63. The highest BCUT2D eigenvalue weighted by Crippen LogP contribution is 2.21. The number of hydrogen-bond acceptors (Lipinski definition) is 6. The summed E-state index contributed by atoms with van der Waals surface area (Å²) in [6.07, 6.45) is 3.28. The summed E-state index contributed by atoms with van der Waals surface area (Å²) in [6.45, 7) is 16.6. The third-order valence-corrected chi connectivity index (χ3v) is 10.1. The van der Waals surface area contributed by atoms with Gasteiger partial charge in [-0.15, -0.1) is 5.10 Å². The average Bonchev–Trinajstić information content (AvgIpc) is 3.54. The summed E-state index contributed by atoms with van der Waals surface area (Å²) in [5.74, 6) is 1.55. The van der Waals surface area contributed by atoms with E-state index in [2.05, 4.69) is 91.3 Å². The molecule has 8 nitrogen and oxygen atoms in total. The van der Waals surface area contributed by atoms with Crippen LogP contribution in [0.2, 0.25) is 51.4 Å². The molecule has 12 heteroatoms. The number of ether oxygens (including phenoxy) is 2. The average molecular weight is 709 g/mol. The van der Waals surface area contributed by atoms with E-state index in [4.69, 9.17) is 9.47 Å². The lowest BCUT2D eigenvalue weighted by atomic mass is 10.2. The Bertz CT molecular complexity index is 1330. The highest BCUT2D eigenvalue weighted by Gasteiger charge is 2.14. The van der Waals surface area contributed by atoms with Crippen molar-refractivity contribution in [1.29, 1.82) is 0 Å². The van der Waals surface area contributed by atoms with E-state index in [1.54, 1.807) is 22.0 Å². The summed E-state index contributed by atoms with van der Waals surface area (Å²) < 4.78 is 17.0. The zero-order valence-corrected chi connectivity index (χ0v) is 29.4. The lowest BCUT2D eigenvalue weighted by molar-refractivity contribution is 0.0785. The highest BCUT2D eigenvalue weighted by atomic mass is 79.9. The third kappa shape index (κ3) is 11.9. The molecule has 40 heavy (non-hydrogen) atoms. The Morgan fingerprint density at radius 2 is 1.32 bits per heavy atom. The number of rotatable bonds is 12. The molecule has 4 rings (SSSR count). The number of halogens is 2. The molecule has 0 aliphatic heterocycles. The Labute approximate surface area is 256 Å². The zero-order chi connectivity index (χ0) is 29.2. The van der Waals surface area contributed by atoms with Crippen molar-refractivity contribution in [3.63, 3.8) is 0 Å². The summed E-state index contributed by atoms with van der Waals surface area (Å²) in [6, 6.07) is 18.3. The van der Waals surface area contributed by atoms with E-state index >= 15 is 0 Å². The van der Waals surface area contributed by atoms with Gasteiger partial charge in [-0.2, -0.15) is 5.10 Å². The van der Waals surface area contributed by atoms with Crippen LogP contribution in [0.25, 0.3) is 22.8 Å². The van der Waals surface area contributed by atoms with E-state index in [0.29, 0.717) is 13.5 Å². The van der Waals surface area contributed by atoms with Gasteiger partial charge in [0.1, 0.15) is 26.1 Å². The van der Waals surface area contributed by atoms with Crippen LogP contribution in [0.4, 0.5) is 0 Å². The molecule has 0 amide bonds. The first-order valence-corrected chi connectivity index (χ1v) is 22.3. The maximum absolute atomic E-state index is 5.73. The van der Waals surface area contributed by atoms with E-state index in [1.165, 1.54) is 6.04 Å². The van der Waals surface area contributed by atoms with Gasteiger partial charge in [-0.3, -0.25) is 0 Å². The Kier molecular flexibility index (Phi) is 12.5. The van der Waals surface area contributed by atoms with E-state index in [0.717, 1.165) is 51.0 Å². The molecule has 0 aliphatic carbocycles. The van der Waals surface area contributed by atoms with Crippen LogP contribution in [0.1, 0.15) is 0 Å². The quantitative estimate of drug-likeness (QED) is 0.110. The van der Waals surface area contributed by atoms with Crippen molar-refractivity contribution >= 4 is 48.0 Å². The molecule has 0 unspecified atom stereocenters. The van der Waals surface area contributed by atoms with Gasteiger partial charge in [0.2, 0.25) is 0 Å². The first kappa shape index (κ1) is 32.5. The molecule has 2 heterocycles. The number of aromatic nitrogens is 6. The van der Waals surface area contributed by atoms with Gasteiger partial charge >= 0.3 is 0 Å². The first-order valence-electron chi connectivity index (χ1n) is 13.3. The topological polar surface area (TPSA) is 79.9 Å². The van der Waals surface area contributed by atoms with Gasteiger partial charge in [0.15, 0.2) is 11.6 Å². The van der Waals surface area contributed by atoms with Crippen LogP contribution in [-0.4, -0.2) is 58.9 Å². The molecule has 0 atom stereocenters. The number of nitrogens with zero attached hydrogens (tertiary/aromatic N) is 6. The molecule has 0 saturated carbocycles. The number of benzene rings is 2. The second-order valence-electron chi connectivity index (χ2n) is 11.9. The Morgan fingerprint density at radius 1 is 0.750 bits per heavy atom. The molecule has 0 fully saturated rings. The van der Waals surface area contributed by atoms with Crippen molar-refractivity contribution in [2.24, 2.45) is 0 Å². The molecule has 0 saturated heterocycles. The third-order valence-electron chi connectivity index (χ3n) is 5.75. The molecule has 2 aromatic heterocycles. The molecule has 0 bridgehead atoms. The van der Waals surface area contributed by atoms with Crippen LogP contribution in [-0.2, 0) is 22.9 Å². The molecule has 0 aliphatic rings. The summed E-state index contributed by atoms with van der Waals surface area (Å²) in [7, 11) is -2.07. The van der Waals surface area contributed by atoms with Crippen LogP contribution >= 0.6 is 31.9 Å². The largest absolute Gasteiger partial charge is 0.359 e. The van der Waals surface area contributed by atoms with Crippen LogP contribution in [0, 0.1) is 0 Å². The monoisotopic (exact) mass is 706 g/mol. The lowest BCUT2D eigenvalue weighted by Gasteiger charge is -2.15. The molecular weight excluding hydrogens is 668 g/mol. The van der Waals surface area contributed by atoms with Crippen molar-refractivity contribution in [2.75, 3.05) is 13.2 Å². The van der Waals surface area contributed by atoms with Gasteiger partial charge in [-0.25, -0.2) is 19.3 Å². The van der Waals surface area contributed by atoms with Crippen molar-refractivity contribution in [3.8, 4) is 22.8 Å². The van der Waals surface area contributed by atoms with Gasteiger partial charge in [0.25, 0.3) is 0 Å².